The van der Waals surface area contributed by atoms with Crippen LogP contribution < -0.4 is 0 Å². The Bertz CT molecular complexity index is 513. The van der Waals surface area contributed by atoms with Crippen LogP contribution in [0, 0.1) is 5.82 Å². The standard InChI is InChI=1S/C10H8FN3O2.Na/c1-16-10(15)9-8(12-14-13-9)6-2-4-7(11)5-3-6;/h2-5H,1H3,(H,12,13,14);. The second-order valence-electron chi connectivity index (χ2n) is 3.02. The molecule has 1 N–H and O–H groups in total. The van der Waals surface area contributed by atoms with E-state index in [2.05, 4.69) is 20.1 Å². The van der Waals surface area contributed by atoms with Gasteiger partial charge in [0.05, 0.1) is 7.11 Å². The van der Waals surface area contributed by atoms with Crippen LogP contribution in [-0.2, 0) is 4.74 Å². The topological polar surface area (TPSA) is 67.9 Å². The number of hydrogen-bond donors (Lipinski definition) is 1. The summed E-state index contributed by atoms with van der Waals surface area (Å²) in [6, 6.07) is 5.59. The van der Waals surface area contributed by atoms with Gasteiger partial charge in [-0.25, -0.2) is 9.18 Å². The Kier molecular flexibility index (Phi) is 4.80. The molecule has 0 fully saturated rings. The first-order valence-electron chi connectivity index (χ1n) is 4.47. The average Bonchev–Trinajstić information content (AvgIpc) is 2.78. The molecule has 0 aliphatic heterocycles. The normalized spacial score (nSPS) is 9.53. The van der Waals surface area contributed by atoms with E-state index in [1.165, 1.54) is 31.4 Å². The van der Waals surface area contributed by atoms with Crippen LogP contribution in [0.4, 0.5) is 4.39 Å². The van der Waals surface area contributed by atoms with Gasteiger partial charge in [0.15, 0.2) is 5.69 Å². The minimum Gasteiger partial charge on any atom is -0.464 e. The summed E-state index contributed by atoms with van der Waals surface area (Å²) in [6.45, 7) is 0. The number of rotatable bonds is 2. The van der Waals surface area contributed by atoms with Crippen molar-refractivity contribution in [3.63, 3.8) is 0 Å². The molecule has 0 spiro atoms. The fourth-order valence-electron chi connectivity index (χ4n) is 1.28. The number of hydrogen-bond acceptors (Lipinski definition) is 4. The minimum absolute atomic E-state index is 0. The smallest absolute Gasteiger partial charge is 0.360 e. The first kappa shape index (κ1) is 13.8. The number of carbonyl (C=O) groups excluding carboxylic acids is 1. The van der Waals surface area contributed by atoms with Gasteiger partial charge in [-0.2, -0.15) is 10.3 Å². The molecule has 0 amide bonds. The van der Waals surface area contributed by atoms with Gasteiger partial charge >= 0.3 is 5.97 Å². The van der Waals surface area contributed by atoms with Crippen LogP contribution in [-0.4, -0.2) is 58.0 Å². The molecule has 0 saturated carbocycles. The molecular formula is C10H8FN3NaO2. The summed E-state index contributed by atoms with van der Waals surface area (Å²) in [5.74, 6) is -0.945. The number of esters is 1. The summed E-state index contributed by atoms with van der Waals surface area (Å²) in [6.07, 6.45) is 0. The Morgan fingerprint density at radius 3 is 2.53 bits per heavy atom. The zero-order chi connectivity index (χ0) is 11.5. The zero-order valence-corrected chi connectivity index (χ0v) is 11.4. The molecular weight excluding hydrogens is 236 g/mol. The van der Waals surface area contributed by atoms with Crippen molar-refractivity contribution in [2.24, 2.45) is 0 Å². The maximum Gasteiger partial charge on any atom is 0.360 e. The first-order chi connectivity index (χ1) is 7.72. The molecule has 83 valence electrons. The van der Waals surface area contributed by atoms with Crippen molar-refractivity contribution >= 4 is 35.5 Å². The Labute approximate surface area is 119 Å². The first-order valence-corrected chi connectivity index (χ1v) is 4.47. The van der Waals surface area contributed by atoms with Gasteiger partial charge in [-0.05, 0) is 24.3 Å². The number of halogens is 1. The van der Waals surface area contributed by atoms with Crippen LogP contribution in [0.1, 0.15) is 10.5 Å². The number of H-pyrrole nitrogens is 1. The van der Waals surface area contributed by atoms with E-state index in [0.29, 0.717) is 11.3 Å². The van der Waals surface area contributed by atoms with Gasteiger partial charge in [0.1, 0.15) is 11.5 Å². The molecule has 0 atom stereocenters. The molecule has 2 rings (SSSR count). The van der Waals surface area contributed by atoms with E-state index in [0.717, 1.165) is 0 Å². The fourth-order valence-corrected chi connectivity index (χ4v) is 1.28. The number of nitrogens with one attached hydrogen (secondary N) is 1. The second kappa shape index (κ2) is 5.90. The average molecular weight is 244 g/mol. The molecule has 7 heteroatoms. The van der Waals surface area contributed by atoms with E-state index in [1.807, 2.05) is 0 Å². The number of benzene rings is 1. The SMILES string of the molecule is COC(=O)c1n[nH]nc1-c1ccc(F)cc1.[Na]. The zero-order valence-electron chi connectivity index (χ0n) is 9.40. The van der Waals surface area contributed by atoms with Crippen molar-refractivity contribution < 1.29 is 13.9 Å². The van der Waals surface area contributed by atoms with E-state index in [9.17, 15) is 9.18 Å². The number of aromatic amines is 1. The third-order valence-corrected chi connectivity index (χ3v) is 2.04. The molecule has 0 unspecified atom stereocenters. The van der Waals surface area contributed by atoms with Crippen LogP contribution in [0.25, 0.3) is 11.3 Å². The molecule has 5 nitrogen and oxygen atoms in total. The van der Waals surface area contributed by atoms with E-state index >= 15 is 0 Å². The van der Waals surface area contributed by atoms with E-state index in [4.69, 9.17) is 0 Å². The third-order valence-electron chi connectivity index (χ3n) is 2.04. The fraction of sp³-hybridized carbons (Fsp3) is 0.100. The van der Waals surface area contributed by atoms with Gasteiger partial charge < -0.3 is 4.74 Å². The Morgan fingerprint density at radius 1 is 1.29 bits per heavy atom. The molecule has 1 radical (unpaired) electrons. The van der Waals surface area contributed by atoms with E-state index in [-0.39, 0.29) is 41.1 Å². The van der Waals surface area contributed by atoms with Crippen molar-refractivity contribution in [3.05, 3.63) is 35.8 Å². The minimum atomic E-state index is -0.590. The molecule has 0 saturated heterocycles. The molecule has 17 heavy (non-hydrogen) atoms. The van der Waals surface area contributed by atoms with Crippen LogP contribution in [0.3, 0.4) is 0 Å². The van der Waals surface area contributed by atoms with Crippen molar-refractivity contribution in [2.75, 3.05) is 7.11 Å². The third kappa shape index (κ3) is 2.91. The molecule has 1 heterocycles. The van der Waals surface area contributed by atoms with Gasteiger partial charge in [0.25, 0.3) is 0 Å². The summed E-state index contributed by atoms with van der Waals surface area (Å²) in [4.78, 5) is 11.3. The predicted octanol–water partition coefficient (Wildman–Crippen LogP) is 1.02. The summed E-state index contributed by atoms with van der Waals surface area (Å²) >= 11 is 0. The van der Waals surface area contributed by atoms with Crippen LogP contribution in [0.2, 0.25) is 0 Å². The monoisotopic (exact) mass is 244 g/mol. The number of aromatic nitrogens is 3. The van der Waals surface area contributed by atoms with Gasteiger partial charge in [-0.1, -0.05) is 0 Å². The quantitative estimate of drug-likeness (QED) is 0.632. The molecule has 0 bridgehead atoms. The summed E-state index contributed by atoms with van der Waals surface area (Å²) in [5.41, 5.74) is 1.01. The Balaban J connectivity index is 0.00000144. The largest absolute Gasteiger partial charge is 0.464 e. The van der Waals surface area contributed by atoms with Crippen LogP contribution in [0.15, 0.2) is 24.3 Å². The van der Waals surface area contributed by atoms with Gasteiger partial charge in [-0.3, -0.25) is 0 Å². The van der Waals surface area contributed by atoms with Crippen molar-refractivity contribution in [3.8, 4) is 11.3 Å². The maximum atomic E-state index is 12.7. The second-order valence-corrected chi connectivity index (χ2v) is 3.02. The number of carbonyl (C=O) groups is 1. The van der Waals surface area contributed by atoms with Crippen molar-refractivity contribution in [1.29, 1.82) is 0 Å². The Morgan fingerprint density at radius 2 is 1.94 bits per heavy atom. The molecule has 0 aliphatic carbocycles. The number of nitrogens with zero attached hydrogens (tertiary/aromatic N) is 2. The predicted molar refractivity (Wildman–Crippen MR) is 58.9 cm³/mol. The number of ether oxygens (including phenoxy) is 1. The van der Waals surface area contributed by atoms with Crippen LogP contribution >= 0.6 is 0 Å². The summed E-state index contributed by atoms with van der Waals surface area (Å²) in [7, 11) is 1.26. The van der Waals surface area contributed by atoms with Gasteiger partial charge in [0.2, 0.25) is 0 Å². The van der Waals surface area contributed by atoms with Crippen LogP contribution in [0.5, 0.6) is 0 Å². The van der Waals surface area contributed by atoms with Crippen molar-refractivity contribution in [1.82, 2.24) is 15.4 Å². The summed E-state index contributed by atoms with van der Waals surface area (Å²) < 4.78 is 17.3. The number of methoxy groups -OCH3 is 1. The Hall–Kier alpha value is -1.24. The molecule has 2 aromatic rings. The maximum absolute atomic E-state index is 12.7. The molecule has 0 aliphatic rings. The van der Waals surface area contributed by atoms with Gasteiger partial charge in [0, 0.05) is 35.1 Å². The van der Waals surface area contributed by atoms with E-state index < -0.39 is 5.97 Å². The molecule has 1 aromatic heterocycles. The van der Waals surface area contributed by atoms with E-state index in [1.54, 1.807) is 0 Å². The summed E-state index contributed by atoms with van der Waals surface area (Å²) in [5, 5.41) is 9.84. The van der Waals surface area contributed by atoms with Crippen molar-refractivity contribution in [2.45, 2.75) is 0 Å². The molecule has 1 aromatic carbocycles. The van der Waals surface area contributed by atoms with Gasteiger partial charge in [-0.15, -0.1) is 5.10 Å².